The third-order valence-corrected chi connectivity index (χ3v) is 4.30. The average molecular weight is 323 g/mol. The van der Waals surface area contributed by atoms with E-state index in [2.05, 4.69) is 25.3 Å². The molecule has 0 unspecified atom stereocenters. The van der Waals surface area contributed by atoms with Crippen LogP contribution in [0.4, 0.5) is 0 Å². The molecule has 3 aromatic heterocycles. The Morgan fingerprint density at radius 3 is 3.13 bits per heavy atom. The van der Waals surface area contributed by atoms with Gasteiger partial charge in [0.25, 0.3) is 0 Å². The maximum atomic E-state index is 11.9. The zero-order valence-corrected chi connectivity index (χ0v) is 12.5. The van der Waals surface area contributed by atoms with Gasteiger partial charge in [0.05, 0.1) is 17.9 Å². The number of nitriles is 1. The van der Waals surface area contributed by atoms with E-state index in [1.165, 1.54) is 18.0 Å². The van der Waals surface area contributed by atoms with Crippen molar-refractivity contribution in [3.05, 3.63) is 52.2 Å². The van der Waals surface area contributed by atoms with Crippen LogP contribution in [0.5, 0.6) is 0 Å². The van der Waals surface area contributed by atoms with Crippen LogP contribution in [-0.4, -0.2) is 29.8 Å². The zero-order chi connectivity index (χ0) is 15.8. The van der Waals surface area contributed by atoms with E-state index in [-0.39, 0.29) is 11.2 Å². The molecule has 112 valence electrons. The average Bonchev–Trinajstić information content (AvgIpc) is 3.18. The summed E-state index contributed by atoms with van der Waals surface area (Å²) in [5.74, 6) is 0.629. The molecule has 0 saturated carbocycles. The Morgan fingerprint density at radius 2 is 2.26 bits per heavy atom. The largest absolute Gasteiger partial charge is 0.350 e. The van der Waals surface area contributed by atoms with Crippen molar-refractivity contribution in [2.45, 2.75) is 10.9 Å². The first kappa shape index (κ1) is 13.5. The maximum absolute atomic E-state index is 11.9. The maximum Gasteiger partial charge on any atom is 0.350 e. The molecular formula is C14H9N7OS. The molecule has 23 heavy (non-hydrogen) atoms. The summed E-state index contributed by atoms with van der Waals surface area (Å²) in [7, 11) is 0. The highest BCUT2D eigenvalue weighted by Crippen LogP contribution is 2.21. The second kappa shape index (κ2) is 5.26. The first-order chi connectivity index (χ1) is 11.2. The van der Waals surface area contributed by atoms with E-state index < -0.39 is 5.69 Å². The summed E-state index contributed by atoms with van der Waals surface area (Å²) in [6.45, 7) is 0. The van der Waals surface area contributed by atoms with Crippen LogP contribution in [0.15, 0.2) is 40.5 Å². The highest BCUT2D eigenvalue weighted by atomic mass is 32.2. The molecule has 1 aromatic carbocycles. The van der Waals surface area contributed by atoms with Gasteiger partial charge in [0, 0.05) is 11.1 Å². The predicted octanol–water partition coefficient (Wildman–Crippen LogP) is 1.46. The van der Waals surface area contributed by atoms with E-state index in [0.717, 1.165) is 21.0 Å². The van der Waals surface area contributed by atoms with E-state index in [9.17, 15) is 4.79 Å². The van der Waals surface area contributed by atoms with E-state index in [1.54, 1.807) is 6.20 Å². The lowest BCUT2D eigenvalue weighted by Gasteiger charge is -2.02. The molecule has 0 aliphatic carbocycles. The summed E-state index contributed by atoms with van der Waals surface area (Å²) < 4.78 is 1.08. The number of H-pyrrole nitrogens is 2. The number of aromatic amines is 2. The number of thioether (sulfide) groups is 1. The van der Waals surface area contributed by atoms with Gasteiger partial charge in [0.1, 0.15) is 11.6 Å². The van der Waals surface area contributed by atoms with Gasteiger partial charge in [-0.1, -0.05) is 23.9 Å². The van der Waals surface area contributed by atoms with Crippen LogP contribution in [-0.2, 0) is 5.75 Å². The Morgan fingerprint density at radius 1 is 1.35 bits per heavy atom. The summed E-state index contributed by atoms with van der Waals surface area (Å²) in [6.07, 6.45) is 3.10. The topological polar surface area (TPSA) is 116 Å². The third-order valence-electron chi connectivity index (χ3n) is 3.36. The zero-order valence-electron chi connectivity index (χ0n) is 11.6. The second-order valence-electron chi connectivity index (χ2n) is 4.83. The highest BCUT2D eigenvalue weighted by molar-refractivity contribution is 7.98. The molecule has 0 bridgehead atoms. The second-order valence-corrected chi connectivity index (χ2v) is 5.80. The molecule has 0 atom stereocenters. The molecule has 0 radical (unpaired) electrons. The quantitative estimate of drug-likeness (QED) is 0.551. The lowest BCUT2D eigenvalue weighted by molar-refractivity contribution is 0.786. The molecule has 2 N–H and O–H groups in total. The molecule has 0 aliphatic heterocycles. The van der Waals surface area contributed by atoms with Crippen LogP contribution in [0.2, 0.25) is 0 Å². The molecule has 0 fully saturated rings. The van der Waals surface area contributed by atoms with E-state index in [4.69, 9.17) is 5.26 Å². The standard InChI is InChI=1S/C14H9N7OS/c15-4-10-6-17-21-12(10)18-13(19-14(21)22)23-7-8-1-2-9-5-16-20-11(9)3-8/h1-3,5-6H,7H2,(H,16,20)(H,18,19,22). The van der Waals surface area contributed by atoms with Gasteiger partial charge in [-0.3, -0.25) is 10.1 Å². The number of hydrogen-bond acceptors (Lipinski definition) is 6. The van der Waals surface area contributed by atoms with Crippen molar-refractivity contribution in [2.24, 2.45) is 0 Å². The van der Waals surface area contributed by atoms with Gasteiger partial charge in [0.2, 0.25) is 0 Å². The fourth-order valence-electron chi connectivity index (χ4n) is 2.24. The van der Waals surface area contributed by atoms with Crippen LogP contribution in [0.25, 0.3) is 16.6 Å². The molecular weight excluding hydrogens is 314 g/mol. The molecule has 9 heteroatoms. The summed E-state index contributed by atoms with van der Waals surface area (Å²) in [5.41, 5.74) is 2.16. The van der Waals surface area contributed by atoms with Crippen molar-refractivity contribution in [3.8, 4) is 6.07 Å². The van der Waals surface area contributed by atoms with Crippen LogP contribution >= 0.6 is 11.8 Å². The molecule has 0 saturated heterocycles. The number of benzene rings is 1. The minimum absolute atomic E-state index is 0.266. The third kappa shape index (κ3) is 2.35. The van der Waals surface area contributed by atoms with Crippen LogP contribution in [0.3, 0.4) is 0 Å². The lowest BCUT2D eigenvalue weighted by atomic mass is 10.2. The van der Waals surface area contributed by atoms with Gasteiger partial charge >= 0.3 is 5.69 Å². The van der Waals surface area contributed by atoms with Gasteiger partial charge in [-0.15, -0.1) is 0 Å². The molecule has 3 heterocycles. The van der Waals surface area contributed by atoms with Gasteiger partial charge in [-0.05, 0) is 11.6 Å². The van der Waals surface area contributed by atoms with Crippen molar-refractivity contribution in [1.29, 1.82) is 5.26 Å². The molecule has 4 aromatic rings. The molecule has 8 nitrogen and oxygen atoms in total. The Labute approximate surface area is 133 Å². The number of nitrogens with zero attached hydrogens (tertiary/aromatic N) is 5. The molecule has 0 amide bonds. The van der Waals surface area contributed by atoms with E-state index in [1.807, 2.05) is 24.3 Å². The Bertz CT molecular complexity index is 1120. The van der Waals surface area contributed by atoms with Gasteiger partial charge in [-0.25, -0.2) is 9.78 Å². The van der Waals surface area contributed by atoms with Crippen molar-refractivity contribution in [2.75, 3.05) is 0 Å². The number of hydrogen-bond donors (Lipinski definition) is 2. The normalized spacial score (nSPS) is 11.1. The highest BCUT2D eigenvalue weighted by Gasteiger charge is 2.10. The van der Waals surface area contributed by atoms with Crippen molar-refractivity contribution in [1.82, 2.24) is 29.8 Å². The van der Waals surface area contributed by atoms with Gasteiger partial charge < -0.3 is 0 Å². The molecule has 4 rings (SSSR count). The van der Waals surface area contributed by atoms with E-state index in [0.29, 0.717) is 10.9 Å². The minimum atomic E-state index is -0.414. The summed E-state index contributed by atoms with van der Waals surface area (Å²) in [6, 6.07) is 7.97. The van der Waals surface area contributed by atoms with E-state index >= 15 is 0 Å². The monoisotopic (exact) mass is 323 g/mol. The first-order valence-electron chi connectivity index (χ1n) is 6.67. The lowest BCUT2D eigenvalue weighted by Crippen LogP contribution is -2.19. The smallest absolute Gasteiger partial charge is 0.285 e. The summed E-state index contributed by atoms with van der Waals surface area (Å²) in [4.78, 5) is 18.9. The Balaban J connectivity index is 1.64. The summed E-state index contributed by atoms with van der Waals surface area (Å²) in [5, 5.41) is 21.3. The van der Waals surface area contributed by atoms with Crippen molar-refractivity contribution in [3.63, 3.8) is 0 Å². The SMILES string of the molecule is N#Cc1cnn2c(=O)[nH]c(SCc3ccc4cn[nH]c4c3)nc12. The number of rotatable bonds is 3. The van der Waals surface area contributed by atoms with Crippen molar-refractivity contribution < 1.29 is 0 Å². The van der Waals surface area contributed by atoms with Crippen LogP contribution < -0.4 is 5.69 Å². The number of nitrogens with one attached hydrogen (secondary N) is 2. The van der Waals surface area contributed by atoms with Crippen LogP contribution in [0, 0.1) is 11.3 Å². The first-order valence-corrected chi connectivity index (χ1v) is 7.66. The molecule has 0 aliphatic rings. The Kier molecular flexibility index (Phi) is 3.09. The fourth-order valence-corrected chi connectivity index (χ4v) is 3.03. The molecule has 0 spiro atoms. The summed E-state index contributed by atoms with van der Waals surface area (Å²) >= 11 is 1.38. The predicted molar refractivity (Wildman–Crippen MR) is 84.0 cm³/mol. The number of aromatic nitrogens is 6. The van der Waals surface area contributed by atoms with Gasteiger partial charge in [-0.2, -0.15) is 20.0 Å². The minimum Gasteiger partial charge on any atom is -0.285 e. The van der Waals surface area contributed by atoms with Gasteiger partial charge in [0.15, 0.2) is 10.8 Å². The number of fused-ring (bicyclic) bond motifs is 2. The van der Waals surface area contributed by atoms with Crippen molar-refractivity contribution >= 4 is 28.3 Å². The Hall–Kier alpha value is -3.12. The van der Waals surface area contributed by atoms with Crippen LogP contribution in [0.1, 0.15) is 11.1 Å². The fraction of sp³-hybridized carbons (Fsp3) is 0.0714.